The lowest BCUT2D eigenvalue weighted by Crippen LogP contribution is -2.46. The molecule has 1 saturated heterocycles. The van der Waals surface area contributed by atoms with Crippen molar-refractivity contribution in [3.8, 4) is 0 Å². The van der Waals surface area contributed by atoms with E-state index >= 15 is 0 Å². The minimum Gasteiger partial charge on any atom is -0.294 e. The maximum atomic E-state index is 4.64. The van der Waals surface area contributed by atoms with Crippen LogP contribution in [0.25, 0.3) is 0 Å². The van der Waals surface area contributed by atoms with E-state index in [-0.39, 0.29) is 0 Å². The van der Waals surface area contributed by atoms with E-state index in [1.54, 1.807) is 0 Å². The van der Waals surface area contributed by atoms with E-state index in [1.165, 1.54) is 55.2 Å². The zero-order chi connectivity index (χ0) is 14.1. The highest BCUT2D eigenvalue weighted by molar-refractivity contribution is 9.10. The first kappa shape index (κ1) is 14.6. The fourth-order valence-electron chi connectivity index (χ4n) is 4.14. The number of hydrogen-bond acceptors (Lipinski definition) is 2. The summed E-state index contributed by atoms with van der Waals surface area (Å²) in [7, 11) is 0. The smallest absolute Gasteiger partial charge is 0.0739 e. The molecule has 1 saturated carbocycles. The molecule has 4 heteroatoms. The molecule has 2 fully saturated rings. The number of nitrogens with zero attached hydrogens (tertiary/aromatic N) is 3. The Kier molecular flexibility index (Phi) is 4.51. The molecule has 2 aliphatic rings. The van der Waals surface area contributed by atoms with Crippen LogP contribution in [0.15, 0.2) is 4.47 Å². The Morgan fingerprint density at radius 2 is 1.95 bits per heavy atom. The molecule has 0 aromatic carbocycles. The van der Waals surface area contributed by atoms with Gasteiger partial charge in [0, 0.05) is 19.1 Å². The average molecular weight is 340 g/mol. The molecule has 0 bridgehead atoms. The van der Waals surface area contributed by atoms with Crippen LogP contribution in [0.1, 0.15) is 56.8 Å². The number of piperidine rings is 1. The lowest BCUT2D eigenvalue weighted by molar-refractivity contribution is 0.0525. The average Bonchev–Trinajstić information content (AvgIpc) is 2.75. The summed E-state index contributed by atoms with van der Waals surface area (Å²) >= 11 is 3.75. The first-order valence-electron chi connectivity index (χ1n) is 8.16. The van der Waals surface area contributed by atoms with Crippen LogP contribution < -0.4 is 0 Å². The zero-order valence-corrected chi connectivity index (χ0v) is 14.3. The summed E-state index contributed by atoms with van der Waals surface area (Å²) < 4.78 is 3.39. The van der Waals surface area contributed by atoms with E-state index in [0.717, 1.165) is 30.7 Å². The number of halogens is 1. The topological polar surface area (TPSA) is 21.1 Å². The van der Waals surface area contributed by atoms with Crippen LogP contribution in [0.5, 0.6) is 0 Å². The van der Waals surface area contributed by atoms with Crippen LogP contribution in [0.3, 0.4) is 0 Å². The Hall–Kier alpha value is -0.350. The van der Waals surface area contributed by atoms with E-state index in [1.807, 2.05) is 0 Å². The van der Waals surface area contributed by atoms with E-state index in [4.69, 9.17) is 0 Å². The summed E-state index contributed by atoms with van der Waals surface area (Å²) in [4.78, 5) is 2.74. The molecule has 0 spiro atoms. The molecule has 3 nitrogen and oxygen atoms in total. The van der Waals surface area contributed by atoms with Crippen LogP contribution >= 0.6 is 15.9 Å². The first-order chi connectivity index (χ1) is 9.70. The van der Waals surface area contributed by atoms with E-state index in [2.05, 4.69) is 44.5 Å². The maximum absolute atomic E-state index is 4.64. The van der Waals surface area contributed by atoms with Gasteiger partial charge in [0.25, 0.3) is 0 Å². The van der Waals surface area contributed by atoms with Crippen molar-refractivity contribution < 1.29 is 0 Å². The Morgan fingerprint density at radius 1 is 1.20 bits per heavy atom. The zero-order valence-electron chi connectivity index (χ0n) is 12.7. The number of rotatable bonds is 3. The highest BCUT2D eigenvalue weighted by atomic mass is 79.9. The van der Waals surface area contributed by atoms with Crippen molar-refractivity contribution in [1.29, 1.82) is 0 Å². The molecule has 112 valence electrons. The van der Waals surface area contributed by atoms with Gasteiger partial charge in [0.2, 0.25) is 0 Å². The van der Waals surface area contributed by atoms with Gasteiger partial charge >= 0.3 is 0 Å². The molecule has 1 aromatic rings. The van der Waals surface area contributed by atoms with Gasteiger partial charge in [-0.2, -0.15) is 5.10 Å². The minimum absolute atomic E-state index is 0.824. The Morgan fingerprint density at radius 3 is 2.75 bits per heavy atom. The maximum Gasteiger partial charge on any atom is 0.0739 e. The van der Waals surface area contributed by atoms with Gasteiger partial charge in [-0.25, -0.2) is 0 Å². The number of hydrogen-bond donors (Lipinski definition) is 0. The van der Waals surface area contributed by atoms with Gasteiger partial charge in [0.15, 0.2) is 0 Å². The summed E-state index contributed by atoms with van der Waals surface area (Å²) in [5.74, 6) is 0.954. The first-order valence-corrected chi connectivity index (χ1v) is 8.95. The second-order valence-electron chi connectivity index (χ2n) is 6.39. The summed E-state index contributed by atoms with van der Waals surface area (Å²) in [5.41, 5.74) is 2.50. The van der Waals surface area contributed by atoms with Gasteiger partial charge in [-0.1, -0.05) is 12.8 Å². The molecule has 0 amide bonds. The molecule has 2 heterocycles. The van der Waals surface area contributed by atoms with Crippen molar-refractivity contribution in [3.05, 3.63) is 15.9 Å². The van der Waals surface area contributed by atoms with Crippen molar-refractivity contribution in [2.24, 2.45) is 5.92 Å². The third kappa shape index (κ3) is 2.69. The highest BCUT2D eigenvalue weighted by Gasteiger charge is 2.33. The van der Waals surface area contributed by atoms with Crippen LogP contribution in [0, 0.1) is 12.8 Å². The van der Waals surface area contributed by atoms with Crippen molar-refractivity contribution in [2.75, 3.05) is 6.54 Å². The summed E-state index contributed by atoms with van der Waals surface area (Å²) in [6, 6.07) is 0.824. The van der Waals surface area contributed by atoms with Gasteiger partial charge in [-0.05, 0) is 67.9 Å². The van der Waals surface area contributed by atoms with Crippen molar-refractivity contribution in [1.82, 2.24) is 14.7 Å². The molecule has 0 unspecified atom stereocenters. The molecular formula is C16H26BrN3. The van der Waals surface area contributed by atoms with E-state index in [0.29, 0.717) is 0 Å². The predicted octanol–water partition coefficient (Wildman–Crippen LogP) is 4.13. The molecule has 0 N–H and O–H groups in total. The molecule has 2 atom stereocenters. The standard InChI is InChI=1S/C16H26BrN3/c1-3-20-15(16(17)12(2)18-20)11-19-10-6-8-13-7-4-5-9-14(13)19/h13-14H,3-11H2,1-2H3/t13-,14-/m1/s1. The van der Waals surface area contributed by atoms with Crippen molar-refractivity contribution in [3.63, 3.8) is 0 Å². The lowest BCUT2D eigenvalue weighted by Gasteiger charge is -2.44. The molecule has 1 aliphatic carbocycles. The molecule has 0 radical (unpaired) electrons. The lowest BCUT2D eigenvalue weighted by atomic mass is 9.78. The number of aromatic nitrogens is 2. The molecule has 1 aromatic heterocycles. The monoisotopic (exact) mass is 339 g/mol. The highest BCUT2D eigenvalue weighted by Crippen LogP contribution is 2.36. The molecule has 3 rings (SSSR count). The number of likely N-dealkylation sites (tertiary alicyclic amines) is 1. The third-order valence-corrected chi connectivity index (χ3v) is 6.20. The summed E-state index contributed by atoms with van der Waals surface area (Å²) in [6.07, 6.45) is 8.55. The molecule has 20 heavy (non-hydrogen) atoms. The number of fused-ring (bicyclic) bond motifs is 1. The second-order valence-corrected chi connectivity index (χ2v) is 7.18. The predicted molar refractivity (Wildman–Crippen MR) is 85.7 cm³/mol. The van der Waals surface area contributed by atoms with Crippen LogP contribution in [-0.4, -0.2) is 27.3 Å². The fraction of sp³-hybridized carbons (Fsp3) is 0.812. The number of aryl methyl sites for hydroxylation is 2. The quantitative estimate of drug-likeness (QED) is 0.825. The van der Waals surface area contributed by atoms with E-state index < -0.39 is 0 Å². The summed E-state index contributed by atoms with van der Waals surface area (Å²) in [5, 5.41) is 4.64. The normalized spacial score (nSPS) is 27.6. The van der Waals surface area contributed by atoms with Crippen molar-refractivity contribution >= 4 is 15.9 Å². The summed E-state index contributed by atoms with van der Waals surface area (Å²) in [6.45, 7) is 7.57. The van der Waals surface area contributed by atoms with Gasteiger partial charge in [0.05, 0.1) is 15.9 Å². The van der Waals surface area contributed by atoms with Crippen LogP contribution in [0.2, 0.25) is 0 Å². The van der Waals surface area contributed by atoms with Crippen LogP contribution in [0.4, 0.5) is 0 Å². The minimum atomic E-state index is 0.824. The van der Waals surface area contributed by atoms with Crippen LogP contribution in [-0.2, 0) is 13.1 Å². The molecule has 1 aliphatic heterocycles. The van der Waals surface area contributed by atoms with Crippen molar-refractivity contribution in [2.45, 2.75) is 71.5 Å². The van der Waals surface area contributed by atoms with Gasteiger partial charge in [0.1, 0.15) is 0 Å². The van der Waals surface area contributed by atoms with Gasteiger partial charge < -0.3 is 0 Å². The van der Waals surface area contributed by atoms with Gasteiger partial charge in [-0.3, -0.25) is 9.58 Å². The second kappa shape index (κ2) is 6.18. The molecular weight excluding hydrogens is 314 g/mol. The fourth-order valence-corrected chi connectivity index (χ4v) is 4.55. The SMILES string of the molecule is CCn1nc(C)c(Br)c1CN1CCC[C@H]2CCCC[C@H]21. The Bertz CT molecular complexity index is 467. The van der Waals surface area contributed by atoms with Gasteiger partial charge in [-0.15, -0.1) is 0 Å². The Labute approximate surface area is 130 Å². The third-order valence-electron chi connectivity index (χ3n) is 5.16. The van der Waals surface area contributed by atoms with E-state index in [9.17, 15) is 0 Å². The Balaban J connectivity index is 1.79. The largest absolute Gasteiger partial charge is 0.294 e.